The Kier molecular flexibility index (Phi) is 4.45. The van der Waals surface area contributed by atoms with Crippen LogP contribution in [0.3, 0.4) is 0 Å². The van der Waals surface area contributed by atoms with Crippen molar-refractivity contribution in [2.45, 2.75) is 25.2 Å². The zero-order valence-electron chi connectivity index (χ0n) is 14.9. The second kappa shape index (κ2) is 6.76. The minimum atomic E-state index is -0.230. The Morgan fingerprint density at radius 2 is 1.85 bits per heavy atom. The molecule has 0 unspecified atom stereocenters. The summed E-state index contributed by atoms with van der Waals surface area (Å²) >= 11 is 1.90. The van der Waals surface area contributed by atoms with Gasteiger partial charge >= 0.3 is 0 Å². The molecule has 0 saturated carbocycles. The number of fused-ring (bicyclic) bond motifs is 1. The van der Waals surface area contributed by atoms with E-state index in [0.29, 0.717) is 0 Å². The lowest BCUT2D eigenvalue weighted by Crippen LogP contribution is -2.27. The monoisotopic (exact) mass is 364 g/mol. The number of hydrogen-bond acceptors (Lipinski definition) is 2. The largest absolute Gasteiger partial charge is 0.233 e. The topological polar surface area (TPSA) is 17.8 Å². The molecule has 1 atom stereocenters. The van der Waals surface area contributed by atoms with Gasteiger partial charge in [0.15, 0.2) is 0 Å². The molecule has 26 heavy (non-hydrogen) atoms. The van der Waals surface area contributed by atoms with E-state index in [1.54, 1.807) is 12.1 Å². The Hall–Kier alpha value is -2.33. The van der Waals surface area contributed by atoms with E-state index in [9.17, 15) is 4.39 Å². The fourth-order valence-electron chi connectivity index (χ4n) is 3.33. The van der Waals surface area contributed by atoms with E-state index >= 15 is 0 Å². The van der Waals surface area contributed by atoms with E-state index in [1.165, 1.54) is 28.2 Å². The third kappa shape index (κ3) is 3.21. The normalized spacial score (nSPS) is 19.1. The molecule has 0 fully saturated rings. The van der Waals surface area contributed by atoms with Crippen LogP contribution in [0.1, 0.15) is 25.1 Å². The van der Waals surface area contributed by atoms with Crippen molar-refractivity contribution in [2.24, 2.45) is 5.41 Å². The van der Waals surface area contributed by atoms with Gasteiger partial charge < -0.3 is 0 Å². The Bertz CT molecular complexity index is 944. The number of benzene rings is 2. The maximum atomic E-state index is 13.2. The van der Waals surface area contributed by atoms with Crippen LogP contribution in [0.2, 0.25) is 0 Å². The van der Waals surface area contributed by atoms with E-state index in [4.69, 9.17) is 0 Å². The molecule has 3 aromatic rings. The summed E-state index contributed by atoms with van der Waals surface area (Å²) in [6, 6.07) is 17.0. The predicted octanol–water partition coefficient (Wildman–Crippen LogP) is 5.77. The summed E-state index contributed by atoms with van der Waals surface area (Å²) in [4.78, 5) is 1.30. The average Bonchev–Trinajstić information content (AvgIpc) is 3.04. The molecular formula is C22H21FN2S. The van der Waals surface area contributed by atoms with E-state index in [1.807, 2.05) is 28.7 Å². The van der Waals surface area contributed by atoms with Crippen molar-refractivity contribution in [2.75, 3.05) is 5.75 Å². The van der Waals surface area contributed by atoms with Crippen molar-refractivity contribution in [3.8, 4) is 5.69 Å². The highest BCUT2D eigenvalue weighted by molar-refractivity contribution is 7.99. The third-order valence-electron chi connectivity index (χ3n) is 5.14. The first-order chi connectivity index (χ1) is 12.5. The SMILES string of the molecule is CC1=Cc2c(cnn2-c2ccc(F)cc2)C[C@]1(C)CSc1ccccc1. The Morgan fingerprint density at radius 1 is 1.12 bits per heavy atom. The first-order valence-corrected chi connectivity index (χ1v) is 9.73. The van der Waals surface area contributed by atoms with E-state index < -0.39 is 0 Å². The molecule has 1 aliphatic carbocycles. The number of allylic oxidation sites excluding steroid dienone is 1. The third-order valence-corrected chi connectivity index (χ3v) is 6.53. The summed E-state index contributed by atoms with van der Waals surface area (Å²) in [5.41, 5.74) is 4.70. The van der Waals surface area contributed by atoms with Gasteiger partial charge in [-0.2, -0.15) is 5.10 Å². The fourth-order valence-corrected chi connectivity index (χ4v) is 4.50. The van der Waals surface area contributed by atoms with Crippen LogP contribution in [-0.2, 0) is 6.42 Å². The Labute approximate surface area is 157 Å². The molecule has 1 aliphatic rings. The molecule has 0 aliphatic heterocycles. The standard InChI is InChI=1S/C22H21FN2S/c1-16-12-21-17(14-24-25(21)19-10-8-18(23)9-11-19)13-22(16,2)15-26-20-6-4-3-5-7-20/h3-12,14H,13,15H2,1-2H3/t22-/m1/s1. The van der Waals surface area contributed by atoms with Crippen molar-refractivity contribution < 1.29 is 4.39 Å². The highest BCUT2D eigenvalue weighted by Crippen LogP contribution is 2.42. The van der Waals surface area contributed by atoms with Gasteiger partial charge in [0.1, 0.15) is 5.82 Å². The Morgan fingerprint density at radius 3 is 2.58 bits per heavy atom. The molecule has 0 amide bonds. The van der Waals surface area contributed by atoms with Gasteiger partial charge in [-0.05, 0) is 61.4 Å². The first-order valence-electron chi connectivity index (χ1n) is 8.75. The maximum Gasteiger partial charge on any atom is 0.123 e. The van der Waals surface area contributed by atoms with Gasteiger partial charge in [0.05, 0.1) is 17.6 Å². The quantitative estimate of drug-likeness (QED) is 0.547. The molecule has 0 spiro atoms. The number of hydrogen-bond donors (Lipinski definition) is 0. The molecule has 0 radical (unpaired) electrons. The van der Waals surface area contributed by atoms with Gasteiger partial charge in [0.25, 0.3) is 0 Å². The van der Waals surface area contributed by atoms with Crippen molar-refractivity contribution in [3.05, 3.63) is 83.4 Å². The lowest BCUT2D eigenvalue weighted by molar-refractivity contribution is 0.451. The summed E-state index contributed by atoms with van der Waals surface area (Å²) in [7, 11) is 0. The average molecular weight is 364 g/mol. The summed E-state index contributed by atoms with van der Waals surface area (Å²) in [6.45, 7) is 4.53. The highest BCUT2D eigenvalue weighted by Gasteiger charge is 2.33. The van der Waals surface area contributed by atoms with E-state index in [2.05, 4.69) is 49.3 Å². The zero-order valence-corrected chi connectivity index (χ0v) is 15.8. The Balaban J connectivity index is 1.60. The second-order valence-electron chi connectivity index (χ2n) is 7.11. The molecule has 0 bridgehead atoms. The molecule has 0 N–H and O–H groups in total. The van der Waals surface area contributed by atoms with Gasteiger partial charge in [-0.25, -0.2) is 9.07 Å². The first kappa shape index (κ1) is 17.1. The molecule has 4 rings (SSSR count). The van der Waals surface area contributed by atoms with Gasteiger partial charge in [0.2, 0.25) is 0 Å². The molecule has 4 heteroatoms. The molecule has 2 nitrogen and oxygen atoms in total. The van der Waals surface area contributed by atoms with Crippen LogP contribution >= 0.6 is 11.8 Å². The van der Waals surface area contributed by atoms with Gasteiger partial charge in [-0.3, -0.25) is 0 Å². The van der Waals surface area contributed by atoms with Gasteiger partial charge in [0, 0.05) is 16.1 Å². The lowest BCUT2D eigenvalue weighted by atomic mass is 9.75. The summed E-state index contributed by atoms with van der Waals surface area (Å²) in [5, 5.41) is 4.56. The molecule has 1 aromatic heterocycles. The molecule has 1 heterocycles. The van der Waals surface area contributed by atoms with E-state index in [0.717, 1.165) is 23.6 Å². The smallest absolute Gasteiger partial charge is 0.123 e. The minimum Gasteiger partial charge on any atom is -0.233 e. The summed E-state index contributed by atoms with van der Waals surface area (Å²) < 4.78 is 15.1. The summed E-state index contributed by atoms with van der Waals surface area (Å²) in [6.07, 6.45) is 5.15. The van der Waals surface area contributed by atoms with Crippen LogP contribution in [0.25, 0.3) is 11.8 Å². The van der Waals surface area contributed by atoms with E-state index in [-0.39, 0.29) is 11.2 Å². The predicted molar refractivity (Wildman–Crippen MR) is 106 cm³/mol. The minimum absolute atomic E-state index is 0.101. The number of halogens is 1. The van der Waals surface area contributed by atoms with Gasteiger partial charge in [-0.15, -0.1) is 11.8 Å². The molecule has 2 aromatic carbocycles. The molecule has 132 valence electrons. The number of nitrogens with zero attached hydrogens (tertiary/aromatic N) is 2. The van der Waals surface area contributed by atoms with Crippen molar-refractivity contribution in [1.82, 2.24) is 9.78 Å². The van der Waals surface area contributed by atoms with Crippen LogP contribution in [0, 0.1) is 11.2 Å². The molecular weight excluding hydrogens is 343 g/mol. The number of aromatic nitrogens is 2. The van der Waals surface area contributed by atoms with Crippen LogP contribution in [0.15, 0.2) is 71.3 Å². The lowest BCUT2D eigenvalue weighted by Gasteiger charge is -2.34. The maximum absolute atomic E-state index is 13.2. The van der Waals surface area contributed by atoms with Crippen molar-refractivity contribution in [1.29, 1.82) is 0 Å². The van der Waals surface area contributed by atoms with Crippen LogP contribution in [-0.4, -0.2) is 15.5 Å². The van der Waals surface area contributed by atoms with Crippen LogP contribution in [0.4, 0.5) is 4.39 Å². The van der Waals surface area contributed by atoms with Crippen molar-refractivity contribution >= 4 is 17.8 Å². The highest BCUT2D eigenvalue weighted by atomic mass is 32.2. The number of thioether (sulfide) groups is 1. The number of rotatable bonds is 4. The van der Waals surface area contributed by atoms with Crippen molar-refractivity contribution in [3.63, 3.8) is 0 Å². The summed E-state index contributed by atoms with van der Waals surface area (Å²) in [5.74, 6) is 0.799. The molecule has 0 saturated heterocycles. The zero-order chi connectivity index (χ0) is 18.1. The van der Waals surface area contributed by atoms with Crippen LogP contribution < -0.4 is 0 Å². The second-order valence-corrected chi connectivity index (χ2v) is 8.16. The fraction of sp³-hybridized carbons (Fsp3) is 0.227. The van der Waals surface area contributed by atoms with Gasteiger partial charge in [-0.1, -0.05) is 30.7 Å². The van der Waals surface area contributed by atoms with Crippen LogP contribution in [0.5, 0.6) is 0 Å².